The summed E-state index contributed by atoms with van der Waals surface area (Å²) in [5.41, 5.74) is 0.355. The minimum Gasteiger partial charge on any atom is -0.326 e. The molecule has 0 radical (unpaired) electrons. The summed E-state index contributed by atoms with van der Waals surface area (Å²) in [7, 11) is 0. The first-order valence-electron chi connectivity index (χ1n) is 7.62. The smallest absolute Gasteiger partial charge is 0.326 e. The van der Waals surface area contributed by atoms with Gasteiger partial charge in [-0.3, -0.25) is 9.59 Å². The average Bonchev–Trinajstić information content (AvgIpc) is 2.47. The summed E-state index contributed by atoms with van der Waals surface area (Å²) < 4.78 is 36.7. The predicted octanol–water partition coefficient (Wildman–Crippen LogP) is 4.10. The van der Waals surface area contributed by atoms with Crippen LogP contribution < -0.4 is 10.6 Å². The van der Waals surface area contributed by atoms with E-state index in [1.807, 2.05) is 0 Å². The average molecular weight is 328 g/mol. The largest absolute Gasteiger partial charge is 0.471 e. The molecule has 1 aliphatic carbocycles. The van der Waals surface area contributed by atoms with Crippen LogP contribution in [-0.2, 0) is 9.59 Å². The number of carbonyl (C=O) groups is 2. The Morgan fingerprint density at radius 2 is 1.65 bits per heavy atom. The summed E-state index contributed by atoms with van der Waals surface area (Å²) in [5.74, 6) is -1.82. The highest BCUT2D eigenvalue weighted by molar-refractivity contribution is 5.96. The van der Waals surface area contributed by atoms with Crippen LogP contribution in [0.5, 0.6) is 0 Å². The lowest BCUT2D eigenvalue weighted by Gasteiger charge is -2.20. The van der Waals surface area contributed by atoms with E-state index < -0.39 is 12.1 Å². The van der Waals surface area contributed by atoms with Gasteiger partial charge in [0.2, 0.25) is 5.91 Å². The second kappa shape index (κ2) is 7.48. The van der Waals surface area contributed by atoms with Crippen molar-refractivity contribution in [1.29, 1.82) is 0 Å². The Kier molecular flexibility index (Phi) is 5.63. The van der Waals surface area contributed by atoms with Crippen molar-refractivity contribution in [3.63, 3.8) is 0 Å². The van der Waals surface area contributed by atoms with E-state index in [4.69, 9.17) is 0 Å². The molecule has 2 N–H and O–H groups in total. The van der Waals surface area contributed by atoms with Crippen molar-refractivity contribution in [2.24, 2.45) is 5.92 Å². The Morgan fingerprint density at radius 3 is 2.26 bits per heavy atom. The van der Waals surface area contributed by atoms with Crippen LogP contribution in [0.4, 0.5) is 24.5 Å². The Hall–Kier alpha value is -2.05. The van der Waals surface area contributed by atoms with Crippen LogP contribution in [0.1, 0.15) is 38.5 Å². The van der Waals surface area contributed by atoms with Crippen LogP contribution in [0.2, 0.25) is 0 Å². The highest BCUT2D eigenvalue weighted by atomic mass is 19.4. The summed E-state index contributed by atoms with van der Waals surface area (Å²) >= 11 is 0. The molecule has 0 unspecified atom stereocenters. The molecule has 0 aliphatic heterocycles. The van der Waals surface area contributed by atoms with Gasteiger partial charge in [-0.25, -0.2) is 0 Å². The van der Waals surface area contributed by atoms with Crippen LogP contribution >= 0.6 is 0 Å². The van der Waals surface area contributed by atoms with Crippen molar-refractivity contribution in [3.05, 3.63) is 24.3 Å². The maximum absolute atomic E-state index is 12.2. The van der Waals surface area contributed by atoms with Gasteiger partial charge in [0.25, 0.3) is 0 Å². The van der Waals surface area contributed by atoms with E-state index in [0.29, 0.717) is 18.0 Å². The molecule has 1 aliphatic rings. The standard InChI is InChI=1S/C16H19F3N2O2/c17-16(18,19)15(23)21-13-8-4-7-12(10-13)20-14(22)9-11-5-2-1-3-6-11/h4,7-8,10-11H,1-3,5-6,9H2,(H,20,22)(H,21,23). The van der Waals surface area contributed by atoms with E-state index in [1.54, 1.807) is 11.4 Å². The van der Waals surface area contributed by atoms with E-state index in [9.17, 15) is 22.8 Å². The van der Waals surface area contributed by atoms with Crippen molar-refractivity contribution < 1.29 is 22.8 Å². The summed E-state index contributed by atoms with van der Waals surface area (Å²) in [6, 6.07) is 5.69. The molecule has 126 valence electrons. The lowest BCUT2D eigenvalue weighted by molar-refractivity contribution is -0.167. The summed E-state index contributed by atoms with van der Waals surface area (Å²) in [5, 5.41) is 4.43. The fourth-order valence-electron chi connectivity index (χ4n) is 2.74. The molecule has 1 aromatic carbocycles. The van der Waals surface area contributed by atoms with Gasteiger partial charge in [0, 0.05) is 17.8 Å². The van der Waals surface area contributed by atoms with Crippen molar-refractivity contribution >= 4 is 23.2 Å². The summed E-state index contributed by atoms with van der Waals surface area (Å²) in [6.07, 6.45) is 1.02. The molecule has 23 heavy (non-hydrogen) atoms. The molecule has 0 spiro atoms. The molecule has 4 nitrogen and oxygen atoms in total. The van der Waals surface area contributed by atoms with Gasteiger partial charge in [0.05, 0.1) is 0 Å². The highest BCUT2D eigenvalue weighted by Gasteiger charge is 2.38. The molecule has 2 rings (SSSR count). The summed E-state index contributed by atoms with van der Waals surface area (Å²) in [6.45, 7) is 0. The molecule has 0 aromatic heterocycles. The SMILES string of the molecule is O=C(CC1CCCCC1)Nc1cccc(NC(=O)C(F)(F)F)c1. The fraction of sp³-hybridized carbons (Fsp3) is 0.500. The molecule has 0 saturated heterocycles. The molecule has 0 bridgehead atoms. The molecule has 2 amide bonds. The zero-order chi connectivity index (χ0) is 16.9. The van der Waals surface area contributed by atoms with E-state index in [-0.39, 0.29) is 11.6 Å². The third kappa shape index (κ3) is 5.58. The molecule has 0 heterocycles. The van der Waals surface area contributed by atoms with E-state index in [1.165, 1.54) is 24.6 Å². The van der Waals surface area contributed by atoms with Crippen LogP contribution in [-0.4, -0.2) is 18.0 Å². The first-order valence-corrected chi connectivity index (χ1v) is 7.62. The van der Waals surface area contributed by atoms with Gasteiger partial charge in [0.15, 0.2) is 0 Å². The number of hydrogen-bond acceptors (Lipinski definition) is 2. The molecule has 7 heteroatoms. The Labute approximate surface area is 132 Å². The third-order valence-electron chi connectivity index (χ3n) is 3.86. The first-order chi connectivity index (χ1) is 10.8. The monoisotopic (exact) mass is 328 g/mol. The Bertz CT molecular complexity index is 567. The quantitative estimate of drug-likeness (QED) is 0.874. The van der Waals surface area contributed by atoms with Crippen molar-refractivity contribution in [3.8, 4) is 0 Å². The highest BCUT2D eigenvalue weighted by Crippen LogP contribution is 2.27. The third-order valence-corrected chi connectivity index (χ3v) is 3.86. The van der Waals surface area contributed by atoms with Gasteiger partial charge in [-0.2, -0.15) is 13.2 Å². The molecular weight excluding hydrogens is 309 g/mol. The van der Waals surface area contributed by atoms with E-state index in [0.717, 1.165) is 25.7 Å². The van der Waals surface area contributed by atoms with Gasteiger partial charge in [-0.05, 0) is 37.0 Å². The molecular formula is C16H19F3N2O2. The maximum Gasteiger partial charge on any atom is 0.471 e. The van der Waals surface area contributed by atoms with Gasteiger partial charge in [-0.1, -0.05) is 25.3 Å². The van der Waals surface area contributed by atoms with Gasteiger partial charge in [-0.15, -0.1) is 0 Å². The van der Waals surface area contributed by atoms with Crippen molar-refractivity contribution in [2.75, 3.05) is 10.6 Å². The number of nitrogens with one attached hydrogen (secondary N) is 2. The topological polar surface area (TPSA) is 58.2 Å². The number of carbonyl (C=O) groups excluding carboxylic acids is 2. The lowest BCUT2D eigenvalue weighted by atomic mass is 9.87. The van der Waals surface area contributed by atoms with Crippen LogP contribution in [0.15, 0.2) is 24.3 Å². The Morgan fingerprint density at radius 1 is 1.04 bits per heavy atom. The predicted molar refractivity (Wildman–Crippen MR) is 80.9 cm³/mol. The number of rotatable bonds is 4. The Balaban J connectivity index is 1.91. The van der Waals surface area contributed by atoms with Gasteiger partial charge in [0.1, 0.15) is 0 Å². The zero-order valence-electron chi connectivity index (χ0n) is 12.6. The first kappa shape index (κ1) is 17.3. The van der Waals surface area contributed by atoms with Crippen molar-refractivity contribution in [2.45, 2.75) is 44.7 Å². The van der Waals surface area contributed by atoms with Crippen LogP contribution in [0.3, 0.4) is 0 Å². The minimum atomic E-state index is -4.94. The lowest BCUT2D eigenvalue weighted by Crippen LogP contribution is -2.29. The van der Waals surface area contributed by atoms with Crippen molar-refractivity contribution in [1.82, 2.24) is 0 Å². The van der Waals surface area contributed by atoms with Crippen LogP contribution in [0, 0.1) is 5.92 Å². The number of benzene rings is 1. The van der Waals surface area contributed by atoms with Crippen LogP contribution in [0.25, 0.3) is 0 Å². The van der Waals surface area contributed by atoms with E-state index in [2.05, 4.69) is 5.32 Å². The number of alkyl halides is 3. The zero-order valence-corrected chi connectivity index (χ0v) is 12.6. The molecule has 1 fully saturated rings. The molecule has 1 aromatic rings. The second-order valence-corrected chi connectivity index (χ2v) is 5.79. The minimum absolute atomic E-state index is 0.0113. The molecule has 1 saturated carbocycles. The van der Waals surface area contributed by atoms with E-state index >= 15 is 0 Å². The second-order valence-electron chi connectivity index (χ2n) is 5.79. The van der Waals surface area contributed by atoms with Gasteiger partial charge >= 0.3 is 12.1 Å². The number of amides is 2. The maximum atomic E-state index is 12.2. The normalized spacial score (nSPS) is 16.0. The number of anilines is 2. The van der Waals surface area contributed by atoms with Gasteiger partial charge < -0.3 is 10.6 Å². The number of halogens is 3. The fourth-order valence-corrected chi connectivity index (χ4v) is 2.74. The summed E-state index contributed by atoms with van der Waals surface area (Å²) in [4.78, 5) is 22.9. The molecule has 0 atom stereocenters. The number of hydrogen-bond donors (Lipinski definition) is 2.